The third-order valence-electron chi connectivity index (χ3n) is 6.92. The number of pyridine rings is 1. The van der Waals surface area contributed by atoms with E-state index in [4.69, 9.17) is 0 Å². The van der Waals surface area contributed by atoms with Crippen LogP contribution >= 0.6 is 0 Å². The summed E-state index contributed by atoms with van der Waals surface area (Å²) >= 11 is 0. The number of hydrogen-bond donors (Lipinski definition) is 0. The smallest absolute Gasteiger partial charge is 0.246 e. The SMILES string of the molecule is O=C1C[C@H]2C(=N1)C[C@@H]1CCCC[C@H]1[C@@H]2/C=C/c1ccc(-c2cccc(F)c2)cn1. The van der Waals surface area contributed by atoms with Crippen LogP contribution in [0.3, 0.4) is 0 Å². The highest BCUT2D eigenvalue weighted by atomic mass is 19.1. The summed E-state index contributed by atoms with van der Waals surface area (Å²) in [6.07, 6.45) is 12.9. The van der Waals surface area contributed by atoms with Gasteiger partial charge in [0.2, 0.25) is 5.91 Å². The van der Waals surface area contributed by atoms with Gasteiger partial charge in [0.05, 0.1) is 5.69 Å². The summed E-state index contributed by atoms with van der Waals surface area (Å²) in [5.74, 6) is 1.80. The molecule has 1 amide bonds. The van der Waals surface area contributed by atoms with Gasteiger partial charge in [-0.2, -0.15) is 0 Å². The number of carbonyl (C=O) groups excluding carboxylic acids is 1. The van der Waals surface area contributed by atoms with E-state index in [0.717, 1.165) is 29.0 Å². The maximum atomic E-state index is 13.5. The summed E-state index contributed by atoms with van der Waals surface area (Å²) < 4.78 is 13.5. The lowest BCUT2D eigenvalue weighted by Gasteiger charge is -2.43. The first kappa shape index (κ1) is 18.4. The maximum Gasteiger partial charge on any atom is 0.246 e. The topological polar surface area (TPSA) is 42.3 Å². The molecule has 3 aliphatic rings. The van der Waals surface area contributed by atoms with Gasteiger partial charge in [0.15, 0.2) is 0 Å². The van der Waals surface area contributed by atoms with Crippen molar-refractivity contribution in [3.63, 3.8) is 0 Å². The molecule has 1 aromatic heterocycles. The van der Waals surface area contributed by atoms with Gasteiger partial charge in [-0.05, 0) is 66.9 Å². The van der Waals surface area contributed by atoms with Gasteiger partial charge >= 0.3 is 0 Å². The Hall–Kier alpha value is -2.62. The summed E-state index contributed by atoms with van der Waals surface area (Å²) in [5.41, 5.74) is 3.77. The number of rotatable bonds is 3. The van der Waals surface area contributed by atoms with Crippen molar-refractivity contribution in [2.24, 2.45) is 28.7 Å². The molecular formula is C25H25FN2O. The van der Waals surface area contributed by atoms with Crippen molar-refractivity contribution >= 4 is 17.7 Å². The maximum absolute atomic E-state index is 13.5. The summed E-state index contributed by atoms with van der Waals surface area (Å²) in [5, 5.41) is 0. The molecule has 148 valence electrons. The number of amides is 1. The van der Waals surface area contributed by atoms with Gasteiger partial charge in [-0.1, -0.05) is 37.1 Å². The minimum Gasteiger partial charge on any atom is -0.273 e. The molecule has 5 rings (SSSR count). The molecule has 0 bridgehead atoms. The van der Waals surface area contributed by atoms with Crippen molar-refractivity contribution in [1.82, 2.24) is 4.98 Å². The zero-order valence-corrected chi connectivity index (χ0v) is 16.4. The molecule has 0 unspecified atom stereocenters. The normalized spacial score (nSPS) is 28.9. The third-order valence-corrected chi connectivity index (χ3v) is 6.92. The molecule has 29 heavy (non-hydrogen) atoms. The highest BCUT2D eigenvalue weighted by Gasteiger charge is 2.45. The molecule has 0 N–H and O–H groups in total. The fourth-order valence-electron chi connectivity index (χ4n) is 5.54. The van der Waals surface area contributed by atoms with Crippen molar-refractivity contribution in [3.8, 4) is 11.1 Å². The first-order chi connectivity index (χ1) is 14.2. The molecule has 2 fully saturated rings. The molecule has 0 saturated heterocycles. The van der Waals surface area contributed by atoms with Crippen molar-refractivity contribution < 1.29 is 9.18 Å². The third kappa shape index (κ3) is 3.68. The molecule has 2 aromatic rings. The summed E-state index contributed by atoms with van der Waals surface area (Å²) in [6.45, 7) is 0. The Bertz CT molecular complexity index is 979. The number of halogens is 1. The van der Waals surface area contributed by atoms with Crippen LogP contribution in [-0.4, -0.2) is 16.6 Å². The number of benzene rings is 1. The van der Waals surface area contributed by atoms with Gasteiger partial charge in [0.25, 0.3) is 0 Å². The van der Waals surface area contributed by atoms with Crippen molar-refractivity contribution in [2.75, 3.05) is 0 Å². The number of hydrogen-bond acceptors (Lipinski definition) is 2. The Kier molecular flexibility index (Phi) is 4.86. The molecule has 0 radical (unpaired) electrons. The first-order valence-corrected chi connectivity index (χ1v) is 10.7. The second-order valence-electron chi connectivity index (χ2n) is 8.64. The zero-order chi connectivity index (χ0) is 19.8. The second kappa shape index (κ2) is 7.66. The number of nitrogens with zero attached hydrogens (tertiary/aromatic N) is 2. The Morgan fingerprint density at radius 1 is 1.03 bits per heavy atom. The molecule has 1 aliphatic heterocycles. The van der Waals surface area contributed by atoms with Crippen LogP contribution in [0.1, 0.15) is 44.2 Å². The minimum atomic E-state index is -0.241. The number of aromatic nitrogens is 1. The van der Waals surface area contributed by atoms with Crippen molar-refractivity contribution in [1.29, 1.82) is 0 Å². The van der Waals surface area contributed by atoms with Gasteiger partial charge in [0, 0.05) is 29.8 Å². The van der Waals surface area contributed by atoms with Gasteiger partial charge in [-0.15, -0.1) is 0 Å². The Morgan fingerprint density at radius 2 is 1.93 bits per heavy atom. The molecule has 0 spiro atoms. The van der Waals surface area contributed by atoms with Crippen LogP contribution in [0.5, 0.6) is 0 Å². The van der Waals surface area contributed by atoms with Gasteiger partial charge in [-0.3, -0.25) is 9.78 Å². The van der Waals surface area contributed by atoms with Crippen LogP contribution < -0.4 is 0 Å². The highest BCUT2D eigenvalue weighted by molar-refractivity contribution is 6.04. The van der Waals surface area contributed by atoms with Crippen LogP contribution in [0.2, 0.25) is 0 Å². The van der Waals surface area contributed by atoms with Crippen LogP contribution in [-0.2, 0) is 4.79 Å². The molecule has 2 saturated carbocycles. The first-order valence-electron chi connectivity index (χ1n) is 10.7. The number of fused-ring (bicyclic) bond motifs is 2. The molecule has 2 heterocycles. The van der Waals surface area contributed by atoms with Crippen LogP contribution in [0.25, 0.3) is 17.2 Å². The van der Waals surface area contributed by atoms with E-state index >= 15 is 0 Å². The predicted molar refractivity (Wildman–Crippen MR) is 113 cm³/mol. The van der Waals surface area contributed by atoms with Crippen LogP contribution in [0.15, 0.2) is 53.7 Å². The lowest BCUT2D eigenvalue weighted by atomic mass is 9.60. The molecule has 4 atom stereocenters. The lowest BCUT2D eigenvalue weighted by molar-refractivity contribution is -0.117. The quantitative estimate of drug-likeness (QED) is 0.675. The standard InChI is InChI=1S/C25H25FN2O/c26-19-6-3-5-16(12-19)18-8-9-20(27-15-18)10-11-22-21-7-2-1-4-17(21)13-24-23(22)14-25(29)28-24/h3,5-6,8-12,15,17,21-23H,1-2,4,7,13-14H2/b11-10+/t17-,21+,22-,23+/m0/s1. The summed E-state index contributed by atoms with van der Waals surface area (Å²) in [6, 6.07) is 10.5. The van der Waals surface area contributed by atoms with Gasteiger partial charge in [0.1, 0.15) is 5.82 Å². The monoisotopic (exact) mass is 388 g/mol. The molecule has 4 heteroatoms. The minimum absolute atomic E-state index is 0.0552. The van der Waals surface area contributed by atoms with Crippen LogP contribution in [0.4, 0.5) is 4.39 Å². The summed E-state index contributed by atoms with van der Waals surface area (Å²) in [7, 11) is 0. The Morgan fingerprint density at radius 3 is 2.76 bits per heavy atom. The van der Waals surface area contributed by atoms with E-state index in [-0.39, 0.29) is 17.6 Å². The van der Waals surface area contributed by atoms with Crippen LogP contribution in [0, 0.1) is 29.5 Å². The molecule has 3 nitrogen and oxygen atoms in total. The largest absolute Gasteiger partial charge is 0.273 e. The second-order valence-corrected chi connectivity index (χ2v) is 8.64. The average Bonchev–Trinajstić information content (AvgIpc) is 3.11. The number of aliphatic imine (C=N–C) groups is 1. The van der Waals surface area contributed by atoms with E-state index in [9.17, 15) is 9.18 Å². The van der Waals surface area contributed by atoms with Crippen molar-refractivity contribution in [3.05, 3.63) is 60.2 Å². The van der Waals surface area contributed by atoms with E-state index in [2.05, 4.69) is 22.1 Å². The molecule has 2 aliphatic carbocycles. The average molecular weight is 388 g/mol. The zero-order valence-electron chi connectivity index (χ0n) is 16.4. The predicted octanol–water partition coefficient (Wildman–Crippen LogP) is 5.71. The fraction of sp³-hybridized carbons (Fsp3) is 0.400. The van der Waals surface area contributed by atoms with E-state index in [0.29, 0.717) is 24.2 Å². The number of allylic oxidation sites excluding steroid dienone is 1. The fourth-order valence-corrected chi connectivity index (χ4v) is 5.54. The number of carbonyl (C=O) groups is 1. The van der Waals surface area contributed by atoms with Gasteiger partial charge < -0.3 is 0 Å². The van der Waals surface area contributed by atoms with E-state index in [1.807, 2.05) is 18.2 Å². The van der Waals surface area contributed by atoms with Crippen molar-refractivity contribution in [2.45, 2.75) is 38.5 Å². The van der Waals surface area contributed by atoms with Gasteiger partial charge in [-0.25, -0.2) is 9.38 Å². The Balaban J connectivity index is 1.38. The highest BCUT2D eigenvalue weighted by Crippen LogP contribution is 2.48. The molecular weight excluding hydrogens is 363 g/mol. The van der Waals surface area contributed by atoms with E-state index in [1.54, 1.807) is 12.3 Å². The lowest BCUT2D eigenvalue weighted by Crippen LogP contribution is -2.39. The van der Waals surface area contributed by atoms with E-state index in [1.165, 1.54) is 37.8 Å². The molecule has 1 aromatic carbocycles. The Labute approximate surface area is 170 Å². The van der Waals surface area contributed by atoms with E-state index < -0.39 is 0 Å². The summed E-state index contributed by atoms with van der Waals surface area (Å²) in [4.78, 5) is 20.9.